The van der Waals surface area contributed by atoms with Crippen molar-refractivity contribution in [1.82, 2.24) is 10.2 Å². The lowest BCUT2D eigenvalue weighted by atomic mass is 10.0. The van der Waals surface area contributed by atoms with Crippen LogP contribution in [0.15, 0.2) is 108 Å². The summed E-state index contributed by atoms with van der Waals surface area (Å²) in [6, 6.07) is 27.7. The van der Waals surface area contributed by atoms with Crippen molar-refractivity contribution >= 4 is 50.7 Å². The summed E-state index contributed by atoms with van der Waals surface area (Å²) in [6.07, 6.45) is 0.896. The van der Waals surface area contributed by atoms with Crippen molar-refractivity contribution in [3.63, 3.8) is 0 Å². The second kappa shape index (κ2) is 16.5. The lowest BCUT2D eigenvalue weighted by Crippen LogP contribution is -2.53. The summed E-state index contributed by atoms with van der Waals surface area (Å²) in [6.45, 7) is 3.99. The molecule has 2 amide bonds. The summed E-state index contributed by atoms with van der Waals surface area (Å²) in [5.74, 6) is -0.418. The van der Waals surface area contributed by atoms with E-state index >= 15 is 0 Å². The first-order chi connectivity index (χ1) is 22.1. The Bertz CT molecular complexity index is 1710. The standard InChI is InChI=1S/C35H37Cl2N3O5S/c1-3-21-38-35(42)33(22-26-11-7-5-8-12-26)39(24-27-15-16-28(36)23-32(27)37)34(41)25-40(29-13-9-6-10-14-29)46(43,44)31-19-17-30(18-20-31)45-4-2/h5-20,23,33H,3-4,21-22,24-25H2,1-2H3,(H,38,42)/t33-/m0/s1. The smallest absolute Gasteiger partial charge is 0.264 e. The van der Waals surface area contributed by atoms with Gasteiger partial charge in [-0.1, -0.05) is 84.7 Å². The lowest BCUT2D eigenvalue weighted by molar-refractivity contribution is -0.140. The Labute approximate surface area is 280 Å². The largest absolute Gasteiger partial charge is 0.494 e. The molecule has 0 aliphatic carbocycles. The number of carbonyl (C=O) groups is 2. The van der Waals surface area contributed by atoms with E-state index in [0.717, 1.165) is 9.87 Å². The predicted octanol–water partition coefficient (Wildman–Crippen LogP) is 6.75. The number of halogens is 2. The molecule has 0 saturated heterocycles. The van der Waals surface area contributed by atoms with E-state index in [1.807, 2.05) is 44.2 Å². The van der Waals surface area contributed by atoms with Crippen LogP contribution in [0.25, 0.3) is 0 Å². The van der Waals surface area contributed by atoms with Crippen LogP contribution < -0.4 is 14.4 Å². The number of benzene rings is 4. The Morgan fingerprint density at radius 2 is 1.52 bits per heavy atom. The van der Waals surface area contributed by atoms with Gasteiger partial charge in [0.1, 0.15) is 18.3 Å². The van der Waals surface area contributed by atoms with Gasteiger partial charge < -0.3 is 15.0 Å². The van der Waals surface area contributed by atoms with Crippen molar-refractivity contribution in [2.24, 2.45) is 0 Å². The molecule has 46 heavy (non-hydrogen) atoms. The molecule has 1 N–H and O–H groups in total. The van der Waals surface area contributed by atoms with Gasteiger partial charge in [-0.3, -0.25) is 13.9 Å². The Kier molecular flexibility index (Phi) is 12.5. The molecule has 11 heteroatoms. The lowest BCUT2D eigenvalue weighted by Gasteiger charge is -2.34. The van der Waals surface area contributed by atoms with Crippen molar-refractivity contribution < 1.29 is 22.7 Å². The number of nitrogens with one attached hydrogen (secondary N) is 1. The molecule has 4 aromatic carbocycles. The molecule has 0 aliphatic rings. The minimum Gasteiger partial charge on any atom is -0.494 e. The van der Waals surface area contributed by atoms with Gasteiger partial charge in [-0.05, 0) is 73.0 Å². The van der Waals surface area contributed by atoms with Crippen LogP contribution in [-0.4, -0.2) is 50.9 Å². The fourth-order valence-electron chi connectivity index (χ4n) is 4.88. The number of hydrogen-bond acceptors (Lipinski definition) is 5. The fourth-order valence-corrected chi connectivity index (χ4v) is 6.76. The van der Waals surface area contributed by atoms with Gasteiger partial charge in [0, 0.05) is 29.6 Å². The predicted molar refractivity (Wildman–Crippen MR) is 183 cm³/mol. The van der Waals surface area contributed by atoms with E-state index in [-0.39, 0.29) is 23.8 Å². The Morgan fingerprint density at radius 3 is 2.13 bits per heavy atom. The van der Waals surface area contributed by atoms with Crippen LogP contribution >= 0.6 is 23.2 Å². The molecule has 4 rings (SSSR count). The van der Waals surface area contributed by atoms with E-state index in [1.54, 1.807) is 60.7 Å². The number of carbonyl (C=O) groups excluding carboxylic acids is 2. The summed E-state index contributed by atoms with van der Waals surface area (Å²) in [7, 11) is -4.23. The van der Waals surface area contributed by atoms with Crippen LogP contribution in [0.3, 0.4) is 0 Å². The summed E-state index contributed by atoms with van der Waals surface area (Å²) in [5.41, 5.74) is 1.69. The molecule has 0 bridgehead atoms. The molecule has 0 radical (unpaired) electrons. The van der Waals surface area contributed by atoms with Crippen molar-refractivity contribution in [3.8, 4) is 5.75 Å². The fraction of sp³-hybridized carbons (Fsp3) is 0.257. The summed E-state index contributed by atoms with van der Waals surface area (Å²) >= 11 is 12.7. The molecule has 1 atom stereocenters. The molecule has 0 aliphatic heterocycles. The maximum absolute atomic E-state index is 14.5. The monoisotopic (exact) mass is 681 g/mol. The van der Waals surface area contributed by atoms with Gasteiger partial charge in [0.25, 0.3) is 10.0 Å². The second-order valence-electron chi connectivity index (χ2n) is 10.5. The number of nitrogens with zero attached hydrogens (tertiary/aromatic N) is 2. The Balaban J connectivity index is 1.78. The first-order valence-corrected chi connectivity index (χ1v) is 17.2. The highest BCUT2D eigenvalue weighted by Crippen LogP contribution is 2.28. The normalized spacial score (nSPS) is 11.8. The van der Waals surface area contributed by atoms with E-state index in [1.165, 1.54) is 17.0 Å². The van der Waals surface area contributed by atoms with Crippen LogP contribution in [0, 0.1) is 0 Å². The minimum absolute atomic E-state index is 0.0126. The molecule has 0 aromatic heterocycles. The van der Waals surface area contributed by atoms with Crippen LogP contribution in [-0.2, 0) is 32.6 Å². The molecule has 0 saturated carbocycles. The average molecular weight is 683 g/mol. The highest BCUT2D eigenvalue weighted by atomic mass is 35.5. The molecular formula is C35H37Cl2N3O5S. The number of para-hydroxylation sites is 1. The van der Waals surface area contributed by atoms with Gasteiger partial charge in [0.15, 0.2) is 0 Å². The van der Waals surface area contributed by atoms with Crippen LogP contribution in [0.2, 0.25) is 10.0 Å². The third-order valence-corrected chi connectivity index (χ3v) is 9.60. The zero-order valence-corrected chi connectivity index (χ0v) is 28.1. The van der Waals surface area contributed by atoms with E-state index in [9.17, 15) is 18.0 Å². The molecular weight excluding hydrogens is 645 g/mol. The summed E-state index contributed by atoms with van der Waals surface area (Å²) in [5, 5.41) is 3.66. The van der Waals surface area contributed by atoms with Crippen LogP contribution in [0.4, 0.5) is 5.69 Å². The average Bonchev–Trinajstić information content (AvgIpc) is 3.06. The van der Waals surface area contributed by atoms with E-state index in [4.69, 9.17) is 27.9 Å². The van der Waals surface area contributed by atoms with E-state index < -0.39 is 28.5 Å². The summed E-state index contributed by atoms with van der Waals surface area (Å²) in [4.78, 5) is 29.6. The Morgan fingerprint density at radius 1 is 0.870 bits per heavy atom. The van der Waals surface area contributed by atoms with Gasteiger partial charge in [-0.15, -0.1) is 0 Å². The SMILES string of the molecule is CCCNC(=O)[C@H](Cc1ccccc1)N(Cc1ccc(Cl)cc1Cl)C(=O)CN(c1ccccc1)S(=O)(=O)c1ccc(OCC)cc1. The quantitative estimate of drug-likeness (QED) is 0.150. The second-order valence-corrected chi connectivity index (χ2v) is 13.2. The highest BCUT2D eigenvalue weighted by molar-refractivity contribution is 7.92. The third-order valence-electron chi connectivity index (χ3n) is 7.22. The van der Waals surface area contributed by atoms with Crippen molar-refractivity contribution in [3.05, 3.63) is 124 Å². The van der Waals surface area contributed by atoms with Crippen LogP contribution in [0.5, 0.6) is 5.75 Å². The minimum atomic E-state index is -4.23. The maximum Gasteiger partial charge on any atom is 0.264 e. The van der Waals surface area contributed by atoms with Gasteiger partial charge >= 0.3 is 0 Å². The zero-order valence-electron chi connectivity index (χ0n) is 25.7. The molecule has 0 spiro atoms. The van der Waals surface area contributed by atoms with Gasteiger partial charge in [0.2, 0.25) is 11.8 Å². The Hall–Kier alpha value is -4.05. The first-order valence-electron chi connectivity index (χ1n) is 15.0. The van der Waals surface area contributed by atoms with Gasteiger partial charge in [-0.2, -0.15) is 0 Å². The number of amides is 2. The number of rotatable bonds is 15. The number of sulfonamides is 1. The van der Waals surface area contributed by atoms with E-state index in [0.29, 0.717) is 46.6 Å². The van der Waals surface area contributed by atoms with Crippen molar-refractivity contribution in [2.45, 2.75) is 44.2 Å². The number of ether oxygens (including phenoxy) is 1. The van der Waals surface area contributed by atoms with Gasteiger partial charge in [0.05, 0.1) is 17.2 Å². The molecule has 8 nitrogen and oxygen atoms in total. The molecule has 242 valence electrons. The molecule has 0 heterocycles. The molecule has 4 aromatic rings. The van der Waals surface area contributed by atoms with Gasteiger partial charge in [-0.25, -0.2) is 8.42 Å². The first kappa shape index (κ1) is 34.8. The highest BCUT2D eigenvalue weighted by Gasteiger charge is 2.34. The number of hydrogen-bond donors (Lipinski definition) is 1. The maximum atomic E-state index is 14.5. The zero-order chi connectivity index (χ0) is 33.1. The van der Waals surface area contributed by atoms with Crippen LogP contribution in [0.1, 0.15) is 31.4 Å². The number of anilines is 1. The third kappa shape index (κ3) is 9.02. The van der Waals surface area contributed by atoms with Crippen molar-refractivity contribution in [2.75, 3.05) is 24.0 Å². The molecule has 0 unspecified atom stereocenters. The topological polar surface area (TPSA) is 96.0 Å². The summed E-state index contributed by atoms with van der Waals surface area (Å²) < 4.78 is 34.8. The molecule has 0 fully saturated rings. The van der Waals surface area contributed by atoms with E-state index in [2.05, 4.69) is 5.32 Å². The van der Waals surface area contributed by atoms with Crippen molar-refractivity contribution in [1.29, 1.82) is 0 Å².